The normalized spacial score (nSPS) is 10.3. The second kappa shape index (κ2) is 9.29. The summed E-state index contributed by atoms with van der Waals surface area (Å²) in [6.07, 6.45) is 0.266. The molecule has 0 radical (unpaired) electrons. The van der Waals surface area contributed by atoms with Crippen LogP contribution in [-0.4, -0.2) is 28.1 Å². The number of ether oxygens (including phenoxy) is 1. The standard InChI is InChI=1S/C22H23N5O2S/c1-16-20(21(28)27(25(16)2)17-10-5-4-6-11-17)24-22(30)26(15-9-14-23)18-12-7-8-13-19(18)29-3/h4-8,10-13H,9,15H2,1-3H3,(H,24,30). The third kappa shape index (κ3) is 4.07. The van der Waals surface area contributed by atoms with Crippen molar-refractivity contribution >= 4 is 28.7 Å². The molecule has 7 nitrogen and oxygen atoms in total. The summed E-state index contributed by atoms with van der Waals surface area (Å²) in [7, 11) is 3.41. The lowest BCUT2D eigenvalue weighted by atomic mass is 10.2. The molecule has 0 aliphatic carbocycles. The van der Waals surface area contributed by atoms with E-state index in [2.05, 4.69) is 11.4 Å². The van der Waals surface area contributed by atoms with Crippen LogP contribution in [0.5, 0.6) is 5.75 Å². The van der Waals surface area contributed by atoms with Crippen molar-refractivity contribution in [1.82, 2.24) is 9.36 Å². The molecule has 0 aliphatic heterocycles. The van der Waals surface area contributed by atoms with Crippen molar-refractivity contribution in [2.75, 3.05) is 23.9 Å². The molecule has 1 N–H and O–H groups in total. The number of rotatable bonds is 6. The fraction of sp³-hybridized carbons (Fsp3) is 0.227. The van der Waals surface area contributed by atoms with Gasteiger partial charge in [0, 0.05) is 13.6 Å². The SMILES string of the molecule is COc1ccccc1N(CCC#N)C(=S)Nc1c(C)n(C)n(-c2ccccc2)c1=O. The molecule has 30 heavy (non-hydrogen) atoms. The van der Waals surface area contributed by atoms with Crippen LogP contribution in [0, 0.1) is 18.3 Å². The molecule has 3 rings (SSSR count). The highest BCUT2D eigenvalue weighted by Gasteiger charge is 2.21. The summed E-state index contributed by atoms with van der Waals surface area (Å²) in [6, 6.07) is 19.0. The topological polar surface area (TPSA) is 75.2 Å². The van der Waals surface area contributed by atoms with Gasteiger partial charge in [0.1, 0.15) is 11.4 Å². The molecule has 0 unspecified atom stereocenters. The summed E-state index contributed by atoms with van der Waals surface area (Å²) in [5.74, 6) is 0.631. The Morgan fingerprint density at radius 2 is 1.87 bits per heavy atom. The predicted octanol–water partition coefficient (Wildman–Crippen LogP) is 3.61. The van der Waals surface area contributed by atoms with Gasteiger partial charge in [0.05, 0.1) is 36.7 Å². The van der Waals surface area contributed by atoms with Crippen molar-refractivity contribution in [3.63, 3.8) is 0 Å². The van der Waals surface area contributed by atoms with Crippen LogP contribution >= 0.6 is 12.2 Å². The molecule has 2 aromatic carbocycles. The zero-order chi connectivity index (χ0) is 21.7. The molecule has 1 aromatic heterocycles. The fourth-order valence-corrected chi connectivity index (χ4v) is 3.52. The number of nitriles is 1. The fourth-order valence-electron chi connectivity index (χ4n) is 3.23. The van der Waals surface area contributed by atoms with Crippen LogP contribution < -0.4 is 20.5 Å². The number of anilines is 2. The molecular weight excluding hydrogens is 398 g/mol. The summed E-state index contributed by atoms with van der Waals surface area (Å²) >= 11 is 5.64. The number of benzene rings is 2. The minimum atomic E-state index is -0.205. The Bertz CT molecular complexity index is 1140. The van der Waals surface area contributed by atoms with E-state index in [4.69, 9.17) is 22.2 Å². The lowest BCUT2D eigenvalue weighted by molar-refractivity contribution is 0.415. The first-order chi connectivity index (χ1) is 14.5. The molecule has 0 bridgehead atoms. The number of methoxy groups -OCH3 is 1. The van der Waals surface area contributed by atoms with Gasteiger partial charge < -0.3 is 15.0 Å². The van der Waals surface area contributed by atoms with Crippen LogP contribution in [0.15, 0.2) is 59.4 Å². The van der Waals surface area contributed by atoms with Crippen molar-refractivity contribution < 1.29 is 4.74 Å². The van der Waals surface area contributed by atoms with E-state index < -0.39 is 0 Å². The van der Waals surface area contributed by atoms with Gasteiger partial charge in [-0.2, -0.15) is 5.26 Å². The summed E-state index contributed by atoms with van der Waals surface area (Å²) in [6.45, 7) is 2.22. The van der Waals surface area contributed by atoms with Gasteiger partial charge >= 0.3 is 0 Å². The molecular formula is C22H23N5O2S. The van der Waals surface area contributed by atoms with Gasteiger partial charge in [-0.3, -0.25) is 9.48 Å². The minimum Gasteiger partial charge on any atom is -0.495 e. The lowest BCUT2D eigenvalue weighted by Crippen LogP contribution is -2.37. The minimum absolute atomic E-state index is 0.205. The summed E-state index contributed by atoms with van der Waals surface area (Å²) in [5.41, 5.74) is 2.42. The van der Waals surface area contributed by atoms with Crippen LogP contribution in [0.4, 0.5) is 11.4 Å². The Kier molecular flexibility index (Phi) is 6.54. The third-order valence-corrected chi connectivity index (χ3v) is 5.18. The number of nitrogens with one attached hydrogen (secondary N) is 1. The summed E-state index contributed by atoms with van der Waals surface area (Å²) in [4.78, 5) is 14.9. The quantitative estimate of drug-likeness (QED) is 0.613. The van der Waals surface area contributed by atoms with E-state index in [0.717, 1.165) is 17.1 Å². The van der Waals surface area contributed by atoms with E-state index >= 15 is 0 Å². The Labute approximate surface area is 180 Å². The van der Waals surface area contributed by atoms with Gasteiger partial charge in [0.25, 0.3) is 5.56 Å². The molecule has 8 heteroatoms. The van der Waals surface area contributed by atoms with E-state index in [1.807, 2.05) is 68.6 Å². The van der Waals surface area contributed by atoms with Crippen molar-refractivity contribution in [1.29, 1.82) is 5.26 Å². The highest BCUT2D eigenvalue weighted by molar-refractivity contribution is 7.80. The van der Waals surface area contributed by atoms with Crippen LogP contribution in [-0.2, 0) is 7.05 Å². The van der Waals surface area contributed by atoms with Gasteiger partial charge in [-0.25, -0.2) is 4.68 Å². The molecule has 0 saturated carbocycles. The van der Waals surface area contributed by atoms with Gasteiger partial charge in [-0.05, 0) is 43.4 Å². The van der Waals surface area contributed by atoms with Crippen molar-refractivity contribution in [3.05, 3.63) is 70.6 Å². The predicted molar refractivity (Wildman–Crippen MR) is 123 cm³/mol. The molecule has 154 valence electrons. The molecule has 0 fully saturated rings. The van der Waals surface area contributed by atoms with E-state index in [9.17, 15) is 4.79 Å². The number of hydrogen-bond acceptors (Lipinski definition) is 4. The average Bonchev–Trinajstić information content (AvgIpc) is 2.98. The summed E-state index contributed by atoms with van der Waals surface area (Å²) < 4.78 is 8.82. The van der Waals surface area contributed by atoms with Crippen LogP contribution in [0.25, 0.3) is 5.69 Å². The zero-order valence-electron chi connectivity index (χ0n) is 17.1. The van der Waals surface area contributed by atoms with E-state index in [1.165, 1.54) is 0 Å². The maximum absolute atomic E-state index is 13.2. The lowest BCUT2D eigenvalue weighted by Gasteiger charge is -2.26. The molecule has 1 heterocycles. The number of thiocarbonyl (C=S) groups is 1. The molecule has 0 aliphatic rings. The first-order valence-corrected chi connectivity index (χ1v) is 9.83. The maximum Gasteiger partial charge on any atom is 0.295 e. The molecule has 0 amide bonds. The Morgan fingerprint density at radius 1 is 1.20 bits per heavy atom. The Hall–Kier alpha value is -3.57. The Morgan fingerprint density at radius 3 is 2.53 bits per heavy atom. The van der Waals surface area contributed by atoms with Gasteiger partial charge in [0.2, 0.25) is 0 Å². The van der Waals surface area contributed by atoms with E-state index in [0.29, 0.717) is 23.1 Å². The molecule has 0 atom stereocenters. The Balaban J connectivity index is 1.99. The van der Waals surface area contributed by atoms with Crippen LogP contribution in [0.2, 0.25) is 0 Å². The number of hydrogen-bond donors (Lipinski definition) is 1. The van der Waals surface area contributed by atoms with Crippen LogP contribution in [0.1, 0.15) is 12.1 Å². The number of aromatic nitrogens is 2. The highest BCUT2D eigenvalue weighted by atomic mass is 32.1. The molecule has 0 saturated heterocycles. The molecule has 3 aromatic rings. The monoisotopic (exact) mass is 421 g/mol. The third-order valence-electron chi connectivity index (χ3n) is 4.85. The molecule has 0 spiro atoms. The zero-order valence-corrected chi connectivity index (χ0v) is 17.9. The largest absolute Gasteiger partial charge is 0.495 e. The number of para-hydroxylation sites is 3. The van der Waals surface area contributed by atoms with E-state index in [-0.39, 0.29) is 12.0 Å². The second-order valence-corrected chi connectivity index (χ2v) is 6.98. The first-order valence-electron chi connectivity index (χ1n) is 9.42. The van der Waals surface area contributed by atoms with Crippen molar-refractivity contribution in [3.8, 4) is 17.5 Å². The highest BCUT2D eigenvalue weighted by Crippen LogP contribution is 2.28. The summed E-state index contributed by atoms with van der Waals surface area (Å²) in [5, 5.41) is 12.5. The van der Waals surface area contributed by atoms with Crippen molar-refractivity contribution in [2.24, 2.45) is 7.05 Å². The van der Waals surface area contributed by atoms with Gasteiger partial charge in [0.15, 0.2) is 5.11 Å². The van der Waals surface area contributed by atoms with E-state index in [1.54, 1.807) is 21.4 Å². The second-order valence-electron chi connectivity index (χ2n) is 6.60. The number of nitrogens with zero attached hydrogens (tertiary/aromatic N) is 4. The van der Waals surface area contributed by atoms with Crippen molar-refractivity contribution in [2.45, 2.75) is 13.3 Å². The smallest absolute Gasteiger partial charge is 0.295 e. The maximum atomic E-state index is 13.2. The van der Waals surface area contributed by atoms with Crippen LogP contribution in [0.3, 0.4) is 0 Å². The van der Waals surface area contributed by atoms with Gasteiger partial charge in [-0.1, -0.05) is 30.3 Å². The average molecular weight is 422 g/mol. The van der Waals surface area contributed by atoms with Gasteiger partial charge in [-0.15, -0.1) is 0 Å². The first kappa shape index (κ1) is 21.1.